The van der Waals surface area contributed by atoms with Gasteiger partial charge in [-0.05, 0) is 47.5 Å². The Morgan fingerprint density at radius 3 is 1.93 bits per heavy atom. The summed E-state index contributed by atoms with van der Waals surface area (Å²) in [7, 11) is 1.62. The summed E-state index contributed by atoms with van der Waals surface area (Å²) in [6.07, 6.45) is 0. The molecule has 0 aromatic heterocycles. The summed E-state index contributed by atoms with van der Waals surface area (Å²) in [4.78, 5) is 0. The first-order valence-electron chi connectivity index (χ1n) is 8.70. The van der Waals surface area contributed by atoms with Gasteiger partial charge in [0, 0.05) is 5.56 Å². The lowest BCUT2D eigenvalue weighted by atomic mass is 9.86. The number of aliphatic hydroxyl groups is 1. The number of halogens is 3. The van der Waals surface area contributed by atoms with Crippen LogP contribution in [0.3, 0.4) is 0 Å². The van der Waals surface area contributed by atoms with Crippen LogP contribution in [0.4, 0.5) is 8.78 Å². The normalized spacial score (nSPS) is 11.0. The molecule has 0 amide bonds. The molecule has 0 saturated carbocycles. The van der Waals surface area contributed by atoms with Crippen molar-refractivity contribution < 1.29 is 36.3 Å². The quantitative estimate of drug-likeness (QED) is 0.580. The zero-order chi connectivity index (χ0) is 19.3. The van der Waals surface area contributed by atoms with Crippen molar-refractivity contribution in [1.82, 2.24) is 0 Å². The average molecular weight is 406 g/mol. The Labute approximate surface area is 169 Å². The fourth-order valence-corrected chi connectivity index (χ4v) is 3.10. The van der Waals surface area contributed by atoms with Crippen LogP contribution in [0.5, 0.6) is 5.75 Å². The monoisotopic (exact) mass is 405 g/mol. The third-order valence-electron chi connectivity index (χ3n) is 4.60. The maximum Gasteiger partial charge on any atom is 0.163 e. The lowest BCUT2D eigenvalue weighted by Crippen LogP contribution is -3.00. The molecular formula is C22H22ClF2NO2. The zero-order valence-electron chi connectivity index (χ0n) is 15.4. The van der Waals surface area contributed by atoms with Gasteiger partial charge in [0.05, 0.1) is 7.11 Å². The van der Waals surface area contributed by atoms with Gasteiger partial charge in [0.2, 0.25) is 0 Å². The molecule has 3 aromatic rings. The predicted octanol–water partition coefficient (Wildman–Crippen LogP) is -0.0231. The molecule has 28 heavy (non-hydrogen) atoms. The van der Waals surface area contributed by atoms with E-state index < -0.39 is 5.60 Å². The lowest BCUT2D eigenvalue weighted by Gasteiger charge is -2.28. The molecule has 0 aliphatic rings. The van der Waals surface area contributed by atoms with Crippen LogP contribution in [0.25, 0.3) is 0 Å². The second-order valence-corrected chi connectivity index (χ2v) is 6.42. The molecular weight excluding hydrogens is 384 g/mol. The van der Waals surface area contributed by atoms with Crippen molar-refractivity contribution >= 4 is 0 Å². The van der Waals surface area contributed by atoms with Crippen molar-refractivity contribution in [2.75, 3.05) is 13.7 Å². The highest BCUT2D eigenvalue weighted by molar-refractivity contribution is 5.36. The third-order valence-corrected chi connectivity index (χ3v) is 4.60. The van der Waals surface area contributed by atoms with Crippen LogP contribution in [0.15, 0.2) is 72.8 Å². The van der Waals surface area contributed by atoms with Gasteiger partial charge >= 0.3 is 0 Å². The molecule has 0 spiro atoms. The van der Waals surface area contributed by atoms with E-state index in [0.717, 1.165) is 11.3 Å². The minimum absolute atomic E-state index is 0. The highest BCUT2D eigenvalue weighted by atomic mass is 35.5. The average Bonchev–Trinajstić information content (AvgIpc) is 2.69. The van der Waals surface area contributed by atoms with Crippen molar-refractivity contribution in [3.63, 3.8) is 0 Å². The largest absolute Gasteiger partial charge is 1.00 e. The van der Waals surface area contributed by atoms with E-state index in [2.05, 4.69) is 0 Å². The summed E-state index contributed by atoms with van der Waals surface area (Å²) in [5.41, 5.74) is 0.782. The first-order valence-corrected chi connectivity index (χ1v) is 8.70. The minimum atomic E-state index is -1.37. The predicted molar refractivity (Wildman–Crippen MR) is 99.3 cm³/mol. The van der Waals surface area contributed by atoms with E-state index in [1.54, 1.807) is 31.4 Å². The van der Waals surface area contributed by atoms with Crippen LogP contribution >= 0.6 is 0 Å². The van der Waals surface area contributed by atoms with Gasteiger partial charge in [-0.1, -0.05) is 36.4 Å². The molecule has 148 valence electrons. The Morgan fingerprint density at radius 2 is 1.43 bits per heavy atom. The van der Waals surface area contributed by atoms with Gasteiger partial charge in [0.15, 0.2) is 5.60 Å². The number of quaternary nitrogens is 1. The number of nitrogens with two attached hydrogens (primary N) is 1. The highest BCUT2D eigenvalue weighted by Crippen LogP contribution is 2.28. The fraction of sp³-hybridized carbons (Fsp3) is 0.182. The van der Waals surface area contributed by atoms with Crippen molar-refractivity contribution in [3.05, 3.63) is 101 Å². The van der Waals surface area contributed by atoms with E-state index in [4.69, 9.17) is 4.74 Å². The molecule has 0 aliphatic carbocycles. The Kier molecular flexibility index (Phi) is 7.52. The molecule has 0 heterocycles. The van der Waals surface area contributed by atoms with E-state index in [1.807, 2.05) is 29.6 Å². The summed E-state index contributed by atoms with van der Waals surface area (Å²) < 4.78 is 31.9. The van der Waals surface area contributed by atoms with Gasteiger partial charge in [0.25, 0.3) is 0 Å². The lowest BCUT2D eigenvalue weighted by molar-refractivity contribution is -0.682. The maximum atomic E-state index is 13.3. The van der Waals surface area contributed by atoms with Gasteiger partial charge in [-0.25, -0.2) is 8.78 Å². The van der Waals surface area contributed by atoms with Crippen LogP contribution in [0.1, 0.15) is 16.7 Å². The van der Waals surface area contributed by atoms with Crippen molar-refractivity contribution in [3.8, 4) is 5.75 Å². The first-order chi connectivity index (χ1) is 13.0. The number of hydrogen-bond donors (Lipinski definition) is 2. The highest BCUT2D eigenvalue weighted by Gasteiger charge is 2.33. The number of methoxy groups -OCH3 is 1. The molecule has 0 unspecified atom stereocenters. The standard InChI is InChI=1S/C22H21F2NO2.ClH/c1-27-21-4-2-3-16(13-21)14-25-15-22(26,17-5-9-19(23)10-6-17)18-7-11-20(24)12-8-18;/h2-13,25-26H,14-15H2,1H3;1H. The number of hydrogen-bond acceptors (Lipinski definition) is 2. The van der Waals surface area contributed by atoms with Gasteiger partial charge in [-0.2, -0.15) is 0 Å². The van der Waals surface area contributed by atoms with E-state index in [9.17, 15) is 13.9 Å². The van der Waals surface area contributed by atoms with Crippen LogP contribution in [0, 0.1) is 11.6 Å². The van der Waals surface area contributed by atoms with Gasteiger partial charge in [0.1, 0.15) is 30.5 Å². The second-order valence-electron chi connectivity index (χ2n) is 6.42. The van der Waals surface area contributed by atoms with Crippen LogP contribution in [-0.2, 0) is 12.1 Å². The molecule has 3 aromatic carbocycles. The summed E-state index contributed by atoms with van der Waals surface area (Å²) in [5.74, 6) is 0.0226. The number of benzene rings is 3. The third kappa shape index (κ3) is 5.07. The molecule has 0 saturated heterocycles. The van der Waals surface area contributed by atoms with Gasteiger partial charge < -0.3 is 27.6 Å². The Morgan fingerprint density at radius 1 is 0.893 bits per heavy atom. The van der Waals surface area contributed by atoms with Crippen LogP contribution in [0.2, 0.25) is 0 Å². The SMILES string of the molecule is COc1cccc(C[NH2+]CC(O)(c2ccc(F)cc2)c2ccc(F)cc2)c1.[Cl-]. The molecule has 0 radical (unpaired) electrons. The first kappa shape index (κ1) is 21.8. The maximum absolute atomic E-state index is 13.3. The molecule has 0 bridgehead atoms. The zero-order valence-corrected chi connectivity index (χ0v) is 16.2. The summed E-state index contributed by atoms with van der Waals surface area (Å²) in [6, 6.07) is 19.2. The van der Waals surface area contributed by atoms with Gasteiger partial charge in [-0.3, -0.25) is 0 Å². The van der Waals surface area contributed by atoms with E-state index in [0.29, 0.717) is 24.2 Å². The molecule has 0 aliphatic heterocycles. The van der Waals surface area contributed by atoms with Crippen LogP contribution < -0.4 is 22.5 Å². The summed E-state index contributed by atoms with van der Waals surface area (Å²) >= 11 is 0. The van der Waals surface area contributed by atoms with Crippen molar-refractivity contribution in [2.24, 2.45) is 0 Å². The van der Waals surface area contributed by atoms with E-state index in [-0.39, 0.29) is 24.0 Å². The van der Waals surface area contributed by atoms with Crippen molar-refractivity contribution in [2.45, 2.75) is 12.1 Å². The summed E-state index contributed by atoms with van der Waals surface area (Å²) in [5, 5.41) is 13.4. The van der Waals surface area contributed by atoms with Crippen LogP contribution in [-0.4, -0.2) is 18.8 Å². The molecule has 0 atom stereocenters. The Bertz CT molecular complexity index is 840. The number of ether oxygens (including phenoxy) is 1. The molecule has 3 N–H and O–H groups in total. The minimum Gasteiger partial charge on any atom is -1.00 e. The van der Waals surface area contributed by atoms with E-state index in [1.165, 1.54) is 24.3 Å². The van der Waals surface area contributed by atoms with Crippen molar-refractivity contribution in [1.29, 1.82) is 0 Å². The molecule has 3 rings (SSSR count). The topological polar surface area (TPSA) is 46.1 Å². The Hall–Kier alpha value is -2.47. The fourth-order valence-electron chi connectivity index (χ4n) is 3.10. The molecule has 3 nitrogen and oxygen atoms in total. The molecule has 0 fully saturated rings. The second kappa shape index (κ2) is 9.64. The smallest absolute Gasteiger partial charge is 0.163 e. The summed E-state index contributed by atoms with van der Waals surface area (Å²) in [6.45, 7) is 0.920. The van der Waals surface area contributed by atoms with Gasteiger partial charge in [-0.15, -0.1) is 0 Å². The number of rotatable bonds is 7. The van der Waals surface area contributed by atoms with E-state index >= 15 is 0 Å². The molecule has 6 heteroatoms. The Balaban J connectivity index is 0.00000280.